The molecule has 1 heterocycles. The SMILES string of the molecule is CN(Cc1ccccc1)C(=O)[C@@H]1CCCNC1. The Balaban J connectivity index is 1.90. The van der Waals surface area contributed by atoms with Crippen LogP contribution in [0.15, 0.2) is 30.3 Å². The normalized spacial score (nSPS) is 19.9. The minimum atomic E-state index is 0.164. The molecule has 1 saturated heterocycles. The van der Waals surface area contributed by atoms with Gasteiger partial charge in [-0.25, -0.2) is 0 Å². The lowest BCUT2D eigenvalue weighted by Crippen LogP contribution is -2.41. The Kier molecular flexibility index (Phi) is 4.15. The Morgan fingerprint density at radius 1 is 1.41 bits per heavy atom. The molecule has 1 N–H and O–H groups in total. The molecule has 2 rings (SSSR count). The molecule has 1 atom stereocenters. The lowest BCUT2D eigenvalue weighted by molar-refractivity contribution is -0.135. The molecule has 0 spiro atoms. The Morgan fingerprint density at radius 2 is 2.18 bits per heavy atom. The first-order valence-electron chi connectivity index (χ1n) is 6.27. The Morgan fingerprint density at radius 3 is 2.82 bits per heavy atom. The quantitative estimate of drug-likeness (QED) is 0.859. The topological polar surface area (TPSA) is 32.3 Å². The molecular weight excluding hydrogens is 212 g/mol. The first kappa shape index (κ1) is 12.1. The van der Waals surface area contributed by atoms with E-state index >= 15 is 0 Å². The summed E-state index contributed by atoms with van der Waals surface area (Å²) in [5, 5.41) is 3.29. The van der Waals surface area contributed by atoms with Gasteiger partial charge in [-0.05, 0) is 24.9 Å². The predicted octanol–water partition coefficient (Wildman–Crippen LogP) is 1.64. The third kappa shape index (κ3) is 3.30. The van der Waals surface area contributed by atoms with Crippen LogP contribution in [0.4, 0.5) is 0 Å². The average molecular weight is 232 g/mol. The molecule has 92 valence electrons. The third-order valence-corrected chi connectivity index (χ3v) is 3.28. The van der Waals surface area contributed by atoms with Crippen LogP contribution in [0.2, 0.25) is 0 Å². The predicted molar refractivity (Wildman–Crippen MR) is 68.5 cm³/mol. The van der Waals surface area contributed by atoms with E-state index in [1.165, 1.54) is 5.56 Å². The van der Waals surface area contributed by atoms with Gasteiger partial charge in [0.05, 0.1) is 5.92 Å². The number of carbonyl (C=O) groups excluding carboxylic acids is 1. The van der Waals surface area contributed by atoms with Crippen molar-refractivity contribution in [3.8, 4) is 0 Å². The van der Waals surface area contributed by atoms with E-state index in [1.807, 2.05) is 30.1 Å². The average Bonchev–Trinajstić information content (AvgIpc) is 2.40. The molecule has 1 aliphatic heterocycles. The van der Waals surface area contributed by atoms with Crippen molar-refractivity contribution in [1.29, 1.82) is 0 Å². The molecule has 0 radical (unpaired) electrons. The van der Waals surface area contributed by atoms with Gasteiger partial charge >= 0.3 is 0 Å². The maximum atomic E-state index is 12.2. The summed E-state index contributed by atoms with van der Waals surface area (Å²) >= 11 is 0. The third-order valence-electron chi connectivity index (χ3n) is 3.28. The van der Waals surface area contributed by atoms with E-state index in [0.29, 0.717) is 6.54 Å². The molecule has 0 aliphatic carbocycles. The van der Waals surface area contributed by atoms with Crippen LogP contribution in [-0.2, 0) is 11.3 Å². The van der Waals surface area contributed by atoms with Crippen LogP contribution in [0.3, 0.4) is 0 Å². The maximum absolute atomic E-state index is 12.2. The fraction of sp³-hybridized carbons (Fsp3) is 0.500. The molecular formula is C14H20N2O. The van der Waals surface area contributed by atoms with E-state index in [0.717, 1.165) is 25.9 Å². The van der Waals surface area contributed by atoms with Crippen molar-refractivity contribution in [3.05, 3.63) is 35.9 Å². The molecule has 1 fully saturated rings. The number of nitrogens with zero attached hydrogens (tertiary/aromatic N) is 1. The Bertz CT molecular complexity index is 358. The zero-order valence-corrected chi connectivity index (χ0v) is 10.4. The maximum Gasteiger partial charge on any atom is 0.227 e. The summed E-state index contributed by atoms with van der Waals surface area (Å²) in [6.45, 7) is 2.58. The minimum absolute atomic E-state index is 0.164. The van der Waals surface area contributed by atoms with Gasteiger partial charge in [-0.2, -0.15) is 0 Å². The smallest absolute Gasteiger partial charge is 0.227 e. The number of piperidine rings is 1. The summed E-state index contributed by atoms with van der Waals surface area (Å²) in [6.07, 6.45) is 2.13. The first-order valence-corrected chi connectivity index (χ1v) is 6.27. The summed E-state index contributed by atoms with van der Waals surface area (Å²) in [5.41, 5.74) is 1.19. The fourth-order valence-electron chi connectivity index (χ4n) is 2.31. The van der Waals surface area contributed by atoms with Crippen LogP contribution < -0.4 is 5.32 Å². The molecule has 0 aromatic heterocycles. The Hall–Kier alpha value is -1.35. The van der Waals surface area contributed by atoms with Crippen molar-refractivity contribution < 1.29 is 4.79 Å². The lowest BCUT2D eigenvalue weighted by atomic mass is 9.98. The summed E-state index contributed by atoms with van der Waals surface area (Å²) < 4.78 is 0. The van der Waals surface area contributed by atoms with Crippen LogP contribution in [0.25, 0.3) is 0 Å². The largest absolute Gasteiger partial charge is 0.341 e. The summed E-state index contributed by atoms with van der Waals surface area (Å²) in [4.78, 5) is 14.0. The standard InChI is InChI=1S/C14H20N2O/c1-16(11-12-6-3-2-4-7-12)14(17)13-8-5-9-15-10-13/h2-4,6-7,13,15H,5,8-11H2,1H3/t13-/m1/s1. The second-order valence-electron chi connectivity index (χ2n) is 4.72. The van der Waals surface area contributed by atoms with Crippen molar-refractivity contribution in [2.75, 3.05) is 20.1 Å². The van der Waals surface area contributed by atoms with Crippen LogP contribution in [0, 0.1) is 5.92 Å². The van der Waals surface area contributed by atoms with E-state index in [2.05, 4.69) is 17.4 Å². The van der Waals surface area contributed by atoms with E-state index in [4.69, 9.17) is 0 Å². The highest BCUT2D eigenvalue weighted by Gasteiger charge is 2.23. The molecule has 3 heteroatoms. The van der Waals surface area contributed by atoms with E-state index < -0.39 is 0 Å². The molecule has 0 bridgehead atoms. The summed E-state index contributed by atoms with van der Waals surface area (Å²) in [7, 11) is 1.89. The zero-order valence-electron chi connectivity index (χ0n) is 10.4. The Labute approximate surface area is 103 Å². The molecule has 17 heavy (non-hydrogen) atoms. The zero-order chi connectivity index (χ0) is 12.1. The first-order chi connectivity index (χ1) is 8.27. The molecule has 0 saturated carbocycles. The van der Waals surface area contributed by atoms with E-state index in [1.54, 1.807) is 0 Å². The molecule has 3 nitrogen and oxygen atoms in total. The molecule has 0 unspecified atom stereocenters. The number of rotatable bonds is 3. The van der Waals surface area contributed by atoms with Gasteiger partial charge in [0.1, 0.15) is 0 Å². The number of nitrogens with one attached hydrogen (secondary N) is 1. The van der Waals surface area contributed by atoms with Gasteiger partial charge in [-0.15, -0.1) is 0 Å². The van der Waals surface area contributed by atoms with Crippen molar-refractivity contribution in [2.45, 2.75) is 19.4 Å². The number of carbonyl (C=O) groups is 1. The van der Waals surface area contributed by atoms with Gasteiger partial charge in [0, 0.05) is 20.1 Å². The van der Waals surface area contributed by atoms with E-state index in [9.17, 15) is 4.79 Å². The minimum Gasteiger partial charge on any atom is -0.341 e. The van der Waals surface area contributed by atoms with Crippen LogP contribution in [0.1, 0.15) is 18.4 Å². The molecule has 1 amide bonds. The van der Waals surface area contributed by atoms with E-state index in [-0.39, 0.29) is 11.8 Å². The highest BCUT2D eigenvalue weighted by atomic mass is 16.2. The number of hydrogen-bond acceptors (Lipinski definition) is 2. The molecule has 1 aromatic rings. The van der Waals surface area contributed by atoms with Crippen molar-refractivity contribution in [1.82, 2.24) is 10.2 Å². The second-order valence-corrected chi connectivity index (χ2v) is 4.72. The van der Waals surface area contributed by atoms with Gasteiger partial charge in [-0.3, -0.25) is 4.79 Å². The van der Waals surface area contributed by atoms with Crippen LogP contribution in [-0.4, -0.2) is 30.9 Å². The van der Waals surface area contributed by atoms with Gasteiger partial charge in [0.15, 0.2) is 0 Å². The van der Waals surface area contributed by atoms with Crippen molar-refractivity contribution in [2.24, 2.45) is 5.92 Å². The highest BCUT2D eigenvalue weighted by Crippen LogP contribution is 2.14. The van der Waals surface area contributed by atoms with Crippen LogP contribution in [0.5, 0.6) is 0 Å². The monoisotopic (exact) mass is 232 g/mol. The second kappa shape index (κ2) is 5.82. The highest BCUT2D eigenvalue weighted by molar-refractivity contribution is 5.78. The number of benzene rings is 1. The number of amides is 1. The van der Waals surface area contributed by atoms with Gasteiger partial charge in [0.2, 0.25) is 5.91 Å². The number of hydrogen-bond donors (Lipinski definition) is 1. The van der Waals surface area contributed by atoms with Gasteiger partial charge in [0.25, 0.3) is 0 Å². The molecule has 1 aromatic carbocycles. The summed E-state index contributed by atoms with van der Waals surface area (Å²) in [5.74, 6) is 0.429. The fourth-order valence-corrected chi connectivity index (χ4v) is 2.31. The van der Waals surface area contributed by atoms with Crippen LogP contribution >= 0.6 is 0 Å². The van der Waals surface area contributed by atoms with Gasteiger partial charge < -0.3 is 10.2 Å². The molecule has 1 aliphatic rings. The van der Waals surface area contributed by atoms with Crippen molar-refractivity contribution >= 4 is 5.91 Å². The van der Waals surface area contributed by atoms with Gasteiger partial charge in [-0.1, -0.05) is 30.3 Å². The summed E-state index contributed by atoms with van der Waals surface area (Å²) in [6, 6.07) is 10.1. The lowest BCUT2D eigenvalue weighted by Gasteiger charge is -2.27. The van der Waals surface area contributed by atoms with Crippen molar-refractivity contribution in [3.63, 3.8) is 0 Å².